The number of aromatic nitrogens is 1. The van der Waals surface area contributed by atoms with Crippen LogP contribution < -0.4 is 5.73 Å². The highest BCUT2D eigenvalue weighted by Gasteiger charge is 2.18. The van der Waals surface area contributed by atoms with E-state index < -0.39 is 0 Å². The van der Waals surface area contributed by atoms with Crippen LogP contribution in [0.15, 0.2) is 6.20 Å². The fraction of sp³-hybridized carbons (Fsp3) is 0.750. The molecule has 4 heteroatoms. The van der Waals surface area contributed by atoms with Gasteiger partial charge in [0.25, 0.3) is 0 Å². The third-order valence-corrected chi connectivity index (χ3v) is 4.18. The van der Waals surface area contributed by atoms with Gasteiger partial charge in [0.05, 0.1) is 6.54 Å². The number of hydrogen-bond acceptors (Lipinski definition) is 4. The fourth-order valence-corrected chi connectivity index (χ4v) is 2.32. The van der Waals surface area contributed by atoms with E-state index >= 15 is 0 Å². The quantitative estimate of drug-likeness (QED) is 0.879. The first-order valence-electron chi connectivity index (χ1n) is 5.70. The lowest BCUT2D eigenvalue weighted by atomic mass is 9.96. The largest absolute Gasteiger partial charge is 0.329 e. The van der Waals surface area contributed by atoms with Crippen molar-refractivity contribution >= 4 is 11.3 Å². The zero-order valence-electron chi connectivity index (χ0n) is 10.9. The second-order valence-electron chi connectivity index (χ2n) is 5.37. The summed E-state index contributed by atoms with van der Waals surface area (Å²) in [7, 11) is 2.09. The maximum atomic E-state index is 5.64. The van der Waals surface area contributed by atoms with Crippen molar-refractivity contribution < 1.29 is 0 Å². The molecule has 1 unspecified atom stereocenters. The van der Waals surface area contributed by atoms with Gasteiger partial charge in [-0.3, -0.25) is 4.90 Å². The van der Waals surface area contributed by atoms with Gasteiger partial charge in [0.2, 0.25) is 0 Å². The van der Waals surface area contributed by atoms with Crippen molar-refractivity contribution in [2.24, 2.45) is 5.73 Å². The molecule has 3 nitrogen and oxygen atoms in total. The van der Waals surface area contributed by atoms with E-state index in [2.05, 4.69) is 44.6 Å². The van der Waals surface area contributed by atoms with Gasteiger partial charge in [-0.1, -0.05) is 20.8 Å². The number of rotatable bonds is 4. The molecule has 92 valence electrons. The molecular formula is C12H23N3S. The molecule has 0 aromatic carbocycles. The van der Waals surface area contributed by atoms with E-state index in [-0.39, 0.29) is 5.41 Å². The Morgan fingerprint density at radius 1 is 1.50 bits per heavy atom. The van der Waals surface area contributed by atoms with Gasteiger partial charge in [0, 0.05) is 23.7 Å². The molecule has 16 heavy (non-hydrogen) atoms. The summed E-state index contributed by atoms with van der Waals surface area (Å²) in [5.41, 5.74) is 5.84. The molecule has 0 saturated heterocycles. The number of likely N-dealkylation sites (N-methyl/N-ethyl adjacent to an activating group) is 1. The molecule has 2 N–H and O–H groups in total. The molecule has 1 rings (SSSR count). The van der Waals surface area contributed by atoms with Crippen molar-refractivity contribution in [3.05, 3.63) is 16.1 Å². The standard InChI is InChI=1S/C12H23N3S/c1-9(6-13)15(5)8-11-14-7-10(16-11)12(2,3)4/h7,9H,6,8,13H2,1-5H3. The fourth-order valence-electron chi connectivity index (χ4n) is 1.28. The molecule has 1 heterocycles. The van der Waals surface area contributed by atoms with Gasteiger partial charge < -0.3 is 5.73 Å². The van der Waals surface area contributed by atoms with Crippen LogP contribution in [0, 0.1) is 0 Å². The van der Waals surface area contributed by atoms with Crippen LogP contribution in [0.5, 0.6) is 0 Å². The zero-order chi connectivity index (χ0) is 12.3. The predicted octanol–water partition coefficient (Wildman–Crippen LogP) is 2.22. The smallest absolute Gasteiger partial charge is 0.107 e. The number of thiazole rings is 1. The summed E-state index contributed by atoms with van der Waals surface area (Å²) in [6.45, 7) is 10.4. The number of hydrogen-bond donors (Lipinski definition) is 1. The van der Waals surface area contributed by atoms with E-state index in [1.54, 1.807) is 11.3 Å². The average Bonchev–Trinajstić information content (AvgIpc) is 2.64. The summed E-state index contributed by atoms with van der Waals surface area (Å²) >= 11 is 1.80. The summed E-state index contributed by atoms with van der Waals surface area (Å²) in [6.07, 6.45) is 2.00. The molecule has 1 aromatic heterocycles. The van der Waals surface area contributed by atoms with Crippen LogP contribution >= 0.6 is 11.3 Å². The van der Waals surface area contributed by atoms with Crippen molar-refractivity contribution in [2.45, 2.75) is 45.7 Å². The maximum Gasteiger partial charge on any atom is 0.107 e. The molecule has 0 aliphatic rings. The van der Waals surface area contributed by atoms with E-state index in [1.165, 1.54) is 9.88 Å². The summed E-state index contributed by atoms with van der Waals surface area (Å²) in [5.74, 6) is 0. The Labute approximate surface area is 103 Å². The summed E-state index contributed by atoms with van der Waals surface area (Å²) in [6, 6.07) is 0.405. The van der Waals surface area contributed by atoms with Crippen LogP contribution in [0.4, 0.5) is 0 Å². The zero-order valence-corrected chi connectivity index (χ0v) is 11.8. The van der Waals surface area contributed by atoms with E-state index in [4.69, 9.17) is 5.73 Å². The molecule has 0 spiro atoms. The molecule has 1 aromatic rings. The SMILES string of the molecule is CC(CN)N(C)Cc1ncc(C(C)(C)C)s1. The minimum Gasteiger partial charge on any atom is -0.329 e. The van der Waals surface area contributed by atoms with Gasteiger partial charge in [0.15, 0.2) is 0 Å². The Morgan fingerprint density at radius 2 is 2.12 bits per heavy atom. The van der Waals surface area contributed by atoms with E-state index in [9.17, 15) is 0 Å². The molecular weight excluding hydrogens is 218 g/mol. The molecule has 0 aliphatic carbocycles. The highest BCUT2D eigenvalue weighted by atomic mass is 32.1. The molecule has 0 aliphatic heterocycles. The first-order chi connectivity index (χ1) is 7.34. The highest BCUT2D eigenvalue weighted by molar-refractivity contribution is 7.11. The van der Waals surface area contributed by atoms with Crippen molar-refractivity contribution in [2.75, 3.05) is 13.6 Å². The lowest BCUT2D eigenvalue weighted by Gasteiger charge is -2.21. The third-order valence-electron chi connectivity index (χ3n) is 2.77. The molecule has 0 radical (unpaired) electrons. The van der Waals surface area contributed by atoms with Crippen LogP contribution in [-0.2, 0) is 12.0 Å². The van der Waals surface area contributed by atoms with Crippen LogP contribution in [-0.4, -0.2) is 29.5 Å². The number of nitrogens with zero attached hydrogens (tertiary/aromatic N) is 2. The van der Waals surface area contributed by atoms with Crippen LogP contribution in [0.25, 0.3) is 0 Å². The lowest BCUT2D eigenvalue weighted by Crippen LogP contribution is -2.34. The highest BCUT2D eigenvalue weighted by Crippen LogP contribution is 2.28. The van der Waals surface area contributed by atoms with Crippen LogP contribution in [0.3, 0.4) is 0 Å². The predicted molar refractivity (Wildman–Crippen MR) is 70.8 cm³/mol. The first kappa shape index (κ1) is 13.6. The second-order valence-corrected chi connectivity index (χ2v) is 6.48. The van der Waals surface area contributed by atoms with Crippen molar-refractivity contribution in [1.29, 1.82) is 0 Å². The van der Waals surface area contributed by atoms with Gasteiger partial charge in [0.1, 0.15) is 5.01 Å². The van der Waals surface area contributed by atoms with Gasteiger partial charge in [-0.25, -0.2) is 4.98 Å². The molecule has 0 amide bonds. The summed E-state index contributed by atoms with van der Waals surface area (Å²) in [4.78, 5) is 8.06. The minimum absolute atomic E-state index is 0.202. The molecule has 0 fully saturated rings. The first-order valence-corrected chi connectivity index (χ1v) is 6.51. The van der Waals surface area contributed by atoms with E-state index in [1.807, 2.05) is 6.20 Å². The Bertz CT molecular complexity index is 327. The van der Waals surface area contributed by atoms with Gasteiger partial charge >= 0.3 is 0 Å². The summed E-state index contributed by atoms with van der Waals surface area (Å²) in [5, 5.41) is 1.17. The lowest BCUT2D eigenvalue weighted by molar-refractivity contribution is 0.254. The molecule has 1 atom stereocenters. The van der Waals surface area contributed by atoms with Crippen LogP contribution in [0.1, 0.15) is 37.6 Å². The Hall–Kier alpha value is -0.450. The third kappa shape index (κ3) is 3.54. The van der Waals surface area contributed by atoms with Crippen molar-refractivity contribution in [3.63, 3.8) is 0 Å². The van der Waals surface area contributed by atoms with Gasteiger partial charge in [-0.05, 0) is 19.4 Å². The normalized spacial score (nSPS) is 14.4. The minimum atomic E-state index is 0.202. The Kier molecular flexibility index (Phi) is 4.47. The van der Waals surface area contributed by atoms with Gasteiger partial charge in [-0.2, -0.15) is 0 Å². The average molecular weight is 241 g/mol. The van der Waals surface area contributed by atoms with Gasteiger partial charge in [-0.15, -0.1) is 11.3 Å². The topological polar surface area (TPSA) is 42.1 Å². The monoisotopic (exact) mass is 241 g/mol. The van der Waals surface area contributed by atoms with Crippen molar-refractivity contribution in [1.82, 2.24) is 9.88 Å². The second kappa shape index (κ2) is 5.25. The number of nitrogens with two attached hydrogens (primary N) is 1. The maximum absolute atomic E-state index is 5.64. The Morgan fingerprint density at radius 3 is 2.56 bits per heavy atom. The molecule has 0 saturated carbocycles. The van der Waals surface area contributed by atoms with E-state index in [0.717, 1.165) is 6.54 Å². The van der Waals surface area contributed by atoms with E-state index in [0.29, 0.717) is 12.6 Å². The summed E-state index contributed by atoms with van der Waals surface area (Å²) < 4.78 is 0. The Balaban J connectivity index is 2.66. The van der Waals surface area contributed by atoms with Crippen molar-refractivity contribution in [3.8, 4) is 0 Å². The van der Waals surface area contributed by atoms with Crippen LogP contribution in [0.2, 0.25) is 0 Å². The molecule has 0 bridgehead atoms.